The van der Waals surface area contributed by atoms with Crippen molar-refractivity contribution in [3.63, 3.8) is 0 Å². The molecule has 6 nitrogen and oxygen atoms in total. The van der Waals surface area contributed by atoms with Gasteiger partial charge in [0.05, 0.1) is 12.0 Å². The molecular formula is C20H19F3N4O2S. The van der Waals surface area contributed by atoms with Gasteiger partial charge in [-0.25, -0.2) is 26.6 Å². The van der Waals surface area contributed by atoms with Crippen molar-refractivity contribution in [1.29, 1.82) is 0 Å². The molecule has 10 heteroatoms. The van der Waals surface area contributed by atoms with Gasteiger partial charge in [0.1, 0.15) is 17.5 Å². The molecule has 2 atom stereocenters. The molecule has 30 heavy (non-hydrogen) atoms. The summed E-state index contributed by atoms with van der Waals surface area (Å²) in [6, 6.07) is 8.36. The van der Waals surface area contributed by atoms with Crippen molar-refractivity contribution in [1.82, 2.24) is 13.9 Å². The number of hydrogen-bond donors (Lipinski definition) is 1. The first kappa shape index (κ1) is 20.4. The second-order valence-electron chi connectivity index (χ2n) is 7.23. The van der Waals surface area contributed by atoms with Gasteiger partial charge in [-0.2, -0.15) is 4.31 Å². The van der Waals surface area contributed by atoms with Gasteiger partial charge < -0.3 is 9.88 Å². The number of hydrogen-bond acceptors (Lipinski definition) is 4. The van der Waals surface area contributed by atoms with Gasteiger partial charge in [0.25, 0.3) is 10.0 Å². The van der Waals surface area contributed by atoms with Crippen molar-refractivity contribution in [3.05, 3.63) is 78.0 Å². The molecule has 2 aromatic carbocycles. The van der Waals surface area contributed by atoms with Crippen LogP contribution in [0, 0.1) is 17.5 Å². The van der Waals surface area contributed by atoms with E-state index in [1.165, 1.54) is 39.6 Å². The average Bonchev–Trinajstić information content (AvgIpc) is 3.32. The van der Waals surface area contributed by atoms with E-state index in [1.807, 2.05) is 0 Å². The van der Waals surface area contributed by atoms with Crippen molar-refractivity contribution < 1.29 is 21.6 Å². The van der Waals surface area contributed by atoms with Crippen LogP contribution in [0.15, 0.2) is 60.0 Å². The highest BCUT2D eigenvalue weighted by Gasteiger charge is 2.41. The Hall–Kier alpha value is -2.85. The van der Waals surface area contributed by atoms with Crippen LogP contribution in [0.4, 0.5) is 18.9 Å². The van der Waals surface area contributed by atoms with Crippen molar-refractivity contribution in [2.75, 3.05) is 18.4 Å². The predicted octanol–water partition coefficient (Wildman–Crippen LogP) is 3.11. The summed E-state index contributed by atoms with van der Waals surface area (Å²) in [5.41, 5.74) is 0.765. The smallest absolute Gasteiger partial charge is 0.262 e. The quantitative estimate of drug-likeness (QED) is 0.668. The van der Waals surface area contributed by atoms with Crippen LogP contribution in [0.3, 0.4) is 0 Å². The normalized spacial score (nSPS) is 19.9. The van der Waals surface area contributed by atoms with E-state index in [9.17, 15) is 21.6 Å². The zero-order chi connectivity index (χ0) is 21.5. The van der Waals surface area contributed by atoms with E-state index in [0.717, 1.165) is 12.1 Å². The van der Waals surface area contributed by atoms with Gasteiger partial charge >= 0.3 is 0 Å². The second-order valence-corrected chi connectivity index (χ2v) is 9.12. The maximum atomic E-state index is 14.2. The summed E-state index contributed by atoms with van der Waals surface area (Å²) in [6.07, 6.45) is 2.80. The molecule has 1 aromatic heterocycles. The molecular weight excluding hydrogens is 417 g/mol. The third kappa shape index (κ3) is 3.92. The van der Waals surface area contributed by atoms with Gasteiger partial charge in [0.15, 0.2) is 5.03 Å². The fourth-order valence-electron chi connectivity index (χ4n) is 3.62. The first-order chi connectivity index (χ1) is 14.2. The largest absolute Gasteiger partial charge is 0.378 e. The lowest BCUT2D eigenvalue weighted by molar-refractivity contribution is 0.468. The van der Waals surface area contributed by atoms with E-state index < -0.39 is 33.5 Å². The summed E-state index contributed by atoms with van der Waals surface area (Å²) >= 11 is 0. The van der Waals surface area contributed by atoms with Crippen molar-refractivity contribution in [2.24, 2.45) is 7.05 Å². The molecule has 1 saturated heterocycles. The minimum absolute atomic E-state index is 0.0395. The van der Waals surface area contributed by atoms with Crippen molar-refractivity contribution >= 4 is 15.7 Å². The van der Waals surface area contributed by atoms with Crippen LogP contribution >= 0.6 is 0 Å². The number of imidazole rings is 1. The molecule has 0 spiro atoms. The number of nitrogens with zero attached hydrogens (tertiary/aromatic N) is 3. The summed E-state index contributed by atoms with van der Waals surface area (Å²) in [5, 5.41) is 2.90. The molecule has 3 aromatic rings. The Morgan fingerprint density at radius 2 is 1.73 bits per heavy atom. The molecule has 1 aliphatic heterocycles. The van der Waals surface area contributed by atoms with Crippen molar-refractivity contribution in [2.45, 2.75) is 17.0 Å². The van der Waals surface area contributed by atoms with Gasteiger partial charge in [-0.3, -0.25) is 0 Å². The molecule has 158 valence electrons. The average molecular weight is 436 g/mol. The number of nitrogens with one attached hydrogen (secondary N) is 1. The topological polar surface area (TPSA) is 67.2 Å². The van der Waals surface area contributed by atoms with Gasteiger partial charge in [0.2, 0.25) is 0 Å². The Morgan fingerprint density at radius 3 is 2.37 bits per heavy atom. The molecule has 0 aliphatic carbocycles. The highest BCUT2D eigenvalue weighted by Crippen LogP contribution is 2.33. The van der Waals surface area contributed by atoms with E-state index in [2.05, 4.69) is 10.3 Å². The summed E-state index contributed by atoms with van der Waals surface area (Å²) < 4.78 is 69.7. The number of rotatable bonds is 5. The molecule has 0 radical (unpaired) electrons. The summed E-state index contributed by atoms with van der Waals surface area (Å²) in [5.74, 6) is -2.28. The maximum absolute atomic E-state index is 14.2. The lowest BCUT2D eigenvalue weighted by atomic mass is 9.94. The molecule has 0 unspecified atom stereocenters. The Balaban J connectivity index is 1.67. The van der Waals surface area contributed by atoms with Crippen LogP contribution < -0.4 is 5.32 Å². The standard InChI is InChI=1S/C20H19F3N4O2S/c1-26-11-20(24-12-26)30(28,29)27-9-16(13-2-4-14(21)5-3-13)19(10-27)25-18-7-6-15(22)8-17(18)23/h2-8,11-12,16,19,25H,9-10H2,1H3/t16-,19+/m1/s1. The maximum Gasteiger partial charge on any atom is 0.262 e. The van der Waals surface area contributed by atoms with E-state index in [0.29, 0.717) is 5.56 Å². The Kier molecular flexibility index (Phi) is 5.29. The highest BCUT2D eigenvalue weighted by molar-refractivity contribution is 7.89. The minimum atomic E-state index is -3.88. The number of aromatic nitrogens is 2. The monoisotopic (exact) mass is 436 g/mol. The van der Waals surface area contributed by atoms with E-state index in [4.69, 9.17) is 0 Å². The van der Waals surface area contributed by atoms with Crippen LogP contribution in [0.1, 0.15) is 11.5 Å². The zero-order valence-corrected chi connectivity index (χ0v) is 16.8. The molecule has 1 fully saturated rings. The van der Waals surface area contributed by atoms with E-state index in [-0.39, 0.29) is 29.7 Å². The summed E-state index contributed by atoms with van der Waals surface area (Å²) in [4.78, 5) is 3.94. The Bertz CT molecular complexity index is 1170. The number of aryl methyl sites for hydroxylation is 1. The zero-order valence-electron chi connectivity index (χ0n) is 16.0. The Morgan fingerprint density at radius 1 is 1.03 bits per heavy atom. The lowest BCUT2D eigenvalue weighted by Gasteiger charge is -2.21. The molecule has 0 bridgehead atoms. The third-order valence-electron chi connectivity index (χ3n) is 5.14. The van der Waals surface area contributed by atoms with Gasteiger partial charge in [-0.1, -0.05) is 12.1 Å². The lowest BCUT2D eigenvalue weighted by Crippen LogP contribution is -2.32. The molecule has 0 amide bonds. The van der Waals surface area contributed by atoms with Crippen LogP contribution in [0.2, 0.25) is 0 Å². The van der Waals surface area contributed by atoms with Crippen LogP contribution in [-0.2, 0) is 17.1 Å². The second kappa shape index (κ2) is 7.77. The van der Waals surface area contributed by atoms with Crippen LogP contribution in [0.5, 0.6) is 0 Å². The third-order valence-corrected chi connectivity index (χ3v) is 6.86. The number of benzene rings is 2. The van der Waals surface area contributed by atoms with Crippen molar-refractivity contribution in [3.8, 4) is 0 Å². The number of halogens is 3. The molecule has 2 heterocycles. The summed E-state index contributed by atoms with van der Waals surface area (Å²) in [6.45, 7) is 0.142. The number of anilines is 1. The number of sulfonamides is 1. The highest BCUT2D eigenvalue weighted by atomic mass is 32.2. The van der Waals surface area contributed by atoms with Crippen LogP contribution in [0.25, 0.3) is 0 Å². The first-order valence-corrected chi connectivity index (χ1v) is 10.6. The van der Waals surface area contributed by atoms with Gasteiger partial charge in [0, 0.05) is 44.4 Å². The van der Waals surface area contributed by atoms with Gasteiger partial charge in [-0.15, -0.1) is 0 Å². The van der Waals surface area contributed by atoms with Gasteiger partial charge in [-0.05, 0) is 29.8 Å². The first-order valence-electron chi connectivity index (χ1n) is 9.19. The van der Waals surface area contributed by atoms with E-state index in [1.54, 1.807) is 19.2 Å². The minimum Gasteiger partial charge on any atom is -0.378 e. The SMILES string of the molecule is Cn1cnc(S(=O)(=O)N2C[C@H](Nc3ccc(F)cc3F)[C@@H](c3ccc(F)cc3)C2)c1. The molecule has 1 N–H and O–H groups in total. The fourth-order valence-corrected chi connectivity index (χ4v) is 5.08. The molecule has 0 saturated carbocycles. The fraction of sp³-hybridized carbons (Fsp3) is 0.250. The van der Waals surface area contributed by atoms with Crippen LogP contribution in [-0.4, -0.2) is 41.4 Å². The Labute approximate surface area is 172 Å². The molecule has 4 rings (SSSR count). The summed E-state index contributed by atoms with van der Waals surface area (Å²) in [7, 11) is -2.21. The van der Waals surface area contributed by atoms with E-state index >= 15 is 0 Å². The molecule has 1 aliphatic rings. The predicted molar refractivity (Wildman–Crippen MR) is 105 cm³/mol.